The Kier molecular flexibility index (Phi) is 1.09. The maximum absolute atomic E-state index is 10.6. The Morgan fingerprint density at radius 2 is 2.00 bits per heavy atom. The lowest BCUT2D eigenvalue weighted by atomic mass is 10.7. The summed E-state index contributed by atoms with van der Waals surface area (Å²) in [4.78, 5) is 10.6. The number of hydrogen-bond acceptors (Lipinski definition) is 2. The number of rotatable bonds is 0. The largest absolute Gasteiger partial charge is 0.493 e. The maximum atomic E-state index is 10.6. The van der Waals surface area contributed by atoms with E-state index in [0.29, 0.717) is 0 Å². The van der Waals surface area contributed by atoms with E-state index in [4.69, 9.17) is 5.11 Å². The van der Waals surface area contributed by atoms with Crippen molar-refractivity contribution in [3.8, 4) is 5.88 Å². The summed E-state index contributed by atoms with van der Waals surface area (Å²) in [5.41, 5.74) is -0.199. The molecule has 1 heterocycles. The first-order valence-corrected chi connectivity index (χ1v) is 2.55. The van der Waals surface area contributed by atoms with Crippen molar-refractivity contribution < 1.29 is 5.11 Å². The van der Waals surface area contributed by atoms with Gasteiger partial charge >= 0.3 is 0 Å². The van der Waals surface area contributed by atoms with Crippen LogP contribution in [0.2, 0.25) is 0 Å². The number of nitrogens with zero attached hydrogens (tertiary/aromatic N) is 2. The minimum absolute atomic E-state index is 0.0116. The molecule has 0 fully saturated rings. The van der Waals surface area contributed by atoms with Gasteiger partial charge in [-0.05, 0) is 0 Å². The molecule has 0 saturated heterocycles. The summed E-state index contributed by atoms with van der Waals surface area (Å²) in [7, 11) is 3.19. The van der Waals surface area contributed by atoms with Crippen molar-refractivity contribution in [2.24, 2.45) is 14.1 Å². The van der Waals surface area contributed by atoms with E-state index in [9.17, 15) is 4.79 Å². The van der Waals surface area contributed by atoms with Crippen LogP contribution >= 0.6 is 0 Å². The van der Waals surface area contributed by atoms with Crippen LogP contribution in [0.4, 0.5) is 0 Å². The Bertz CT molecular complexity index is 271. The van der Waals surface area contributed by atoms with Gasteiger partial charge in [0.25, 0.3) is 5.56 Å². The first kappa shape index (κ1) is 5.94. The maximum Gasteiger partial charge on any atom is 0.270 e. The van der Waals surface area contributed by atoms with Gasteiger partial charge in [-0.1, -0.05) is 0 Å². The molecule has 50 valence electrons. The van der Waals surface area contributed by atoms with Crippen molar-refractivity contribution in [3.05, 3.63) is 16.4 Å². The fourth-order valence-corrected chi connectivity index (χ4v) is 0.599. The highest BCUT2D eigenvalue weighted by Crippen LogP contribution is 1.99. The van der Waals surface area contributed by atoms with Gasteiger partial charge in [0.1, 0.15) is 0 Å². The van der Waals surface area contributed by atoms with Crippen LogP contribution in [-0.2, 0) is 14.1 Å². The van der Waals surface area contributed by atoms with Crippen molar-refractivity contribution in [1.29, 1.82) is 0 Å². The quantitative estimate of drug-likeness (QED) is 0.508. The minimum Gasteiger partial charge on any atom is -0.493 e. The molecule has 4 heteroatoms. The molecular formula is C5H8N2O2. The van der Waals surface area contributed by atoms with Gasteiger partial charge < -0.3 is 5.11 Å². The van der Waals surface area contributed by atoms with E-state index in [0.717, 1.165) is 0 Å². The highest BCUT2D eigenvalue weighted by molar-refractivity contribution is 5.05. The monoisotopic (exact) mass is 128 g/mol. The average Bonchev–Trinajstić information content (AvgIpc) is 1.98. The lowest BCUT2D eigenvalue weighted by Crippen LogP contribution is -2.15. The average molecular weight is 128 g/mol. The molecule has 0 radical (unpaired) electrons. The first-order chi connectivity index (χ1) is 4.13. The Balaban J connectivity index is 3.47. The van der Waals surface area contributed by atoms with Gasteiger partial charge in [-0.2, -0.15) is 0 Å². The van der Waals surface area contributed by atoms with E-state index in [-0.39, 0.29) is 11.4 Å². The molecule has 9 heavy (non-hydrogen) atoms. The van der Waals surface area contributed by atoms with Gasteiger partial charge in [-0.25, -0.2) is 0 Å². The van der Waals surface area contributed by atoms with Crippen molar-refractivity contribution in [2.45, 2.75) is 0 Å². The molecule has 0 amide bonds. The van der Waals surface area contributed by atoms with Gasteiger partial charge in [0.2, 0.25) is 5.88 Å². The Hall–Kier alpha value is -1.19. The summed E-state index contributed by atoms with van der Waals surface area (Å²) >= 11 is 0. The van der Waals surface area contributed by atoms with Crippen LogP contribution in [0.1, 0.15) is 0 Å². The Labute approximate surface area is 51.9 Å². The molecule has 0 aromatic carbocycles. The van der Waals surface area contributed by atoms with E-state index in [1.807, 2.05) is 0 Å². The highest BCUT2D eigenvalue weighted by Gasteiger charge is 1.99. The second-order valence-corrected chi connectivity index (χ2v) is 1.89. The van der Waals surface area contributed by atoms with Gasteiger partial charge in [-0.3, -0.25) is 14.2 Å². The molecule has 1 rings (SSSR count). The molecule has 0 atom stereocenters. The van der Waals surface area contributed by atoms with E-state index < -0.39 is 0 Å². The predicted octanol–water partition coefficient (Wildman–Crippen LogP) is -0.571. The third kappa shape index (κ3) is 0.718. The molecule has 1 aromatic rings. The van der Waals surface area contributed by atoms with Crippen LogP contribution in [0.15, 0.2) is 10.9 Å². The SMILES string of the molecule is Cn1c(O)cc(=O)n1C. The van der Waals surface area contributed by atoms with Crippen LogP contribution in [-0.4, -0.2) is 14.5 Å². The summed E-state index contributed by atoms with van der Waals surface area (Å²) in [6, 6.07) is 1.17. The van der Waals surface area contributed by atoms with Crippen LogP contribution in [0.25, 0.3) is 0 Å². The van der Waals surface area contributed by atoms with Gasteiger partial charge in [0, 0.05) is 14.1 Å². The topological polar surface area (TPSA) is 47.2 Å². The summed E-state index contributed by atoms with van der Waals surface area (Å²) in [5.74, 6) is -0.0116. The van der Waals surface area contributed by atoms with E-state index in [1.165, 1.54) is 15.4 Å². The van der Waals surface area contributed by atoms with Crippen LogP contribution in [0.3, 0.4) is 0 Å². The van der Waals surface area contributed by atoms with Crippen molar-refractivity contribution in [2.75, 3.05) is 0 Å². The molecule has 0 aliphatic rings. The fourth-order valence-electron chi connectivity index (χ4n) is 0.599. The van der Waals surface area contributed by atoms with E-state index in [2.05, 4.69) is 0 Å². The van der Waals surface area contributed by atoms with Gasteiger partial charge in [0.15, 0.2) is 0 Å². The van der Waals surface area contributed by atoms with Crippen molar-refractivity contribution >= 4 is 0 Å². The zero-order valence-corrected chi connectivity index (χ0v) is 5.33. The summed E-state index contributed by atoms with van der Waals surface area (Å²) < 4.78 is 2.68. The number of aromatic nitrogens is 2. The molecule has 1 aromatic heterocycles. The highest BCUT2D eigenvalue weighted by atomic mass is 16.3. The Morgan fingerprint density at radius 1 is 1.44 bits per heavy atom. The molecule has 4 nitrogen and oxygen atoms in total. The van der Waals surface area contributed by atoms with Gasteiger partial charge in [-0.15, -0.1) is 0 Å². The summed E-state index contributed by atoms with van der Waals surface area (Å²) in [6.07, 6.45) is 0. The van der Waals surface area contributed by atoms with E-state index >= 15 is 0 Å². The minimum atomic E-state index is -0.199. The lowest BCUT2D eigenvalue weighted by molar-refractivity contribution is 0.397. The third-order valence-corrected chi connectivity index (χ3v) is 1.35. The van der Waals surface area contributed by atoms with Crippen molar-refractivity contribution in [3.63, 3.8) is 0 Å². The summed E-state index contributed by atoms with van der Waals surface area (Å²) in [5, 5.41) is 8.86. The normalized spacial score (nSPS) is 10.0. The zero-order chi connectivity index (χ0) is 7.02. The molecule has 0 saturated carbocycles. The van der Waals surface area contributed by atoms with E-state index in [1.54, 1.807) is 14.1 Å². The number of aromatic hydroxyl groups is 1. The zero-order valence-electron chi connectivity index (χ0n) is 5.33. The lowest BCUT2D eigenvalue weighted by Gasteiger charge is -1.97. The Morgan fingerprint density at radius 3 is 2.11 bits per heavy atom. The molecule has 0 aliphatic carbocycles. The van der Waals surface area contributed by atoms with Crippen LogP contribution < -0.4 is 5.56 Å². The second-order valence-electron chi connectivity index (χ2n) is 1.89. The predicted molar refractivity (Wildman–Crippen MR) is 32.3 cm³/mol. The van der Waals surface area contributed by atoms with Crippen molar-refractivity contribution in [1.82, 2.24) is 9.36 Å². The number of hydrogen-bond donors (Lipinski definition) is 1. The molecule has 0 spiro atoms. The third-order valence-electron chi connectivity index (χ3n) is 1.35. The molecule has 1 N–H and O–H groups in total. The van der Waals surface area contributed by atoms with Crippen LogP contribution in [0, 0.1) is 0 Å². The smallest absolute Gasteiger partial charge is 0.270 e. The molecular weight excluding hydrogens is 120 g/mol. The standard InChI is InChI=1S/C5H8N2O2/c1-6-4(8)3-5(9)7(6)2/h3,8H,1-2H3. The summed E-state index contributed by atoms with van der Waals surface area (Å²) in [6.45, 7) is 0. The second kappa shape index (κ2) is 1.65. The molecule has 0 bridgehead atoms. The fraction of sp³-hybridized carbons (Fsp3) is 0.400. The molecule has 0 aliphatic heterocycles. The van der Waals surface area contributed by atoms with Gasteiger partial charge in [0.05, 0.1) is 6.07 Å². The molecule has 0 unspecified atom stereocenters. The first-order valence-electron chi connectivity index (χ1n) is 2.55. The van der Waals surface area contributed by atoms with Crippen LogP contribution in [0.5, 0.6) is 5.88 Å².